The molecule has 0 amide bonds. The van der Waals surface area contributed by atoms with Gasteiger partial charge in [0.2, 0.25) is 0 Å². The average molecular weight is 713 g/mol. The summed E-state index contributed by atoms with van der Waals surface area (Å²) in [6.45, 7) is 21.4. The molecule has 2 aromatic carbocycles. The molecule has 4 aromatic heterocycles. The number of hydrogen-bond acceptors (Lipinski definition) is 8. The first kappa shape index (κ1) is 33.2. The highest BCUT2D eigenvalue weighted by molar-refractivity contribution is 7.38. The van der Waals surface area contributed by atoms with Crippen molar-refractivity contribution in [1.29, 1.82) is 0 Å². The Morgan fingerprint density at radius 1 is 0.591 bits per heavy atom. The van der Waals surface area contributed by atoms with Crippen LogP contribution in [0.2, 0.25) is 58.9 Å². The molecule has 6 rings (SSSR count). The lowest BCUT2D eigenvalue weighted by molar-refractivity contribution is 0.0595. The molecule has 6 aromatic rings. The lowest BCUT2D eigenvalue weighted by Crippen LogP contribution is -2.42. The second-order valence-electron chi connectivity index (χ2n) is 14.1. The van der Waals surface area contributed by atoms with Crippen molar-refractivity contribution in [1.82, 2.24) is 0 Å². The van der Waals surface area contributed by atoms with Gasteiger partial charge in [-0.2, -0.15) is 0 Å². The number of rotatable bonds is 5. The van der Waals surface area contributed by atoms with Gasteiger partial charge in [-0.1, -0.05) is 58.9 Å². The molecular weight excluding hydrogens is 673 g/mol. The Morgan fingerprint density at radius 2 is 1.11 bits per heavy atom. The number of hydrogen-bond donors (Lipinski definition) is 0. The maximum atomic E-state index is 13.0. The lowest BCUT2D eigenvalue weighted by atomic mass is 10.1. The fraction of sp³-hybridized carbons (Fsp3) is 0.333. The summed E-state index contributed by atoms with van der Waals surface area (Å²) in [6.07, 6.45) is 0. The van der Waals surface area contributed by atoms with Gasteiger partial charge in [0.05, 0.1) is 68.4 Å². The smallest absolute Gasteiger partial charge is 0.338 e. The summed E-state index contributed by atoms with van der Waals surface area (Å²) in [5.41, 5.74) is 1.49. The molecule has 0 fully saturated rings. The Bertz CT molecular complexity index is 2040. The highest BCUT2D eigenvalue weighted by Crippen LogP contribution is 2.38. The third-order valence-corrected chi connectivity index (χ3v) is 21.3. The molecule has 0 saturated carbocycles. The second kappa shape index (κ2) is 11.9. The molecule has 0 aliphatic carbocycles. The van der Waals surface area contributed by atoms with Gasteiger partial charge in [-0.15, -0.1) is 45.3 Å². The van der Waals surface area contributed by atoms with Crippen LogP contribution in [0.5, 0.6) is 0 Å². The van der Waals surface area contributed by atoms with E-state index in [1.54, 1.807) is 22.7 Å². The van der Waals surface area contributed by atoms with E-state index in [1.807, 2.05) is 51.6 Å². The summed E-state index contributed by atoms with van der Waals surface area (Å²) in [7, 11) is -1.77. The highest BCUT2D eigenvalue weighted by Gasteiger charge is 2.33. The zero-order valence-corrected chi connectivity index (χ0v) is 33.6. The number of thiophene rings is 4. The lowest BCUT2D eigenvalue weighted by Gasteiger charge is -2.22. The summed E-state index contributed by atoms with van der Waals surface area (Å²) in [4.78, 5) is 24.7. The molecule has 0 N–H and O–H groups in total. The quantitative estimate of drug-likeness (QED) is 0.132. The van der Waals surface area contributed by atoms with Crippen molar-refractivity contribution in [3.63, 3.8) is 0 Å². The number of benzene rings is 2. The number of ether oxygens (including phenoxy) is 2. The molecule has 0 radical (unpaired) electrons. The van der Waals surface area contributed by atoms with Gasteiger partial charge in [-0.25, -0.2) is 9.59 Å². The van der Waals surface area contributed by atoms with Gasteiger partial charge in [0.25, 0.3) is 0 Å². The van der Waals surface area contributed by atoms with Crippen LogP contribution in [0.1, 0.15) is 20.7 Å². The third-order valence-electron chi connectivity index (χ3n) is 7.64. The van der Waals surface area contributed by atoms with Gasteiger partial charge in [0, 0.05) is 10.8 Å². The first-order chi connectivity index (χ1) is 20.5. The Balaban J connectivity index is 0.000000201. The van der Waals surface area contributed by atoms with Crippen molar-refractivity contribution >= 4 is 136 Å². The van der Waals surface area contributed by atoms with E-state index in [0.717, 1.165) is 21.7 Å². The van der Waals surface area contributed by atoms with Crippen LogP contribution < -0.4 is 14.2 Å². The summed E-state index contributed by atoms with van der Waals surface area (Å²) < 4.78 is 18.2. The van der Waals surface area contributed by atoms with Crippen LogP contribution in [-0.2, 0) is 9.47 Å². The molecule has 0 unspecified atom stereocenters. The first-order valence-electron chi connectivity index (χ1n) is 14.6. The van der Waals surface area contributed by atoms with Gasteiger partial charge in [-0.3, -0.25) is 0 Å². The molecule has 0 spiro atoms. The Labute approximate surface area is 278 Å². The van der Waals surface area contributed by atoms with E-state index >= 15 is 0 Å². The maximum absolute atomic E-state index is 13.0. The Morgan fingerprint density at radius 3 is 1.66 bits per heavy atom. The molecule has 11 heteroatoms. The maximum Gasteiger partial charge on any atom is 0.338 e. The predicted molar refractivity (Wildman–Crippen MR) is 206 cm³/mol. The largest absolute Gasteiger partial charge is 0.465 e. The molecule has 0 saturated heterocycles. The molecule has 44 heavy (non-hydrogen) atoms. The van der Waals surface area contributed by atoms with Crippen LogP contribution in [0, 0.1) is 0 Å². The fourth-order valence-electron chi connectivity index (χ4n) is 5.42. The van der Waals surface area contributed by atoms with Crippen molar-refractivity contribution in [3.8, 4) is 0 Å². The van der Waals surface area contributed by atoms with Crippen molar-refractivity contribution in [3.05, 3.63) is 52.2 Å². The van der Waals surface area contributed by atoms with Crippen LogP contribution >= 0.6 is 45.3 Å². The monoisotopic (exact) mass is 712 g/mol. The highest BCUT2D eigenvalue weighted by atomic mass is 32.1. The van der Waals surface area contributed by atoms with Gasteiger partial charge in [-0.05, 0) is 66.1 Å². The topological polar surface area (TPSA) is 52.6 Å². The minimum atomic E-state index is -1.78. The van der Waals surface area contributed by atoms with Gasteiger partial charge in [0.15, 0.2) is 0 Å². The van der Waals surface area contributed by atoms with Crippen molar-refractivity contribution in [2.24, 2.45) is 0 Å². The molecule has 0 bridgehead atoms. The van der Waals surface area contributed by atoms with Gasteiger partial charge in [0.1, 0.15) is 0 Å². The second-order valence-corrected chi connectivity index (χ2v) is 33.9. The van der Waals surface area contributed by atoms with E-state index in [9.17, 15) is 9.59 Å². The number of carbonyl (C=O) groups is 2. The van der Waals surface area contributed by atoms with Crippen molar-refractivity contribution in [2.45, 2.75) is 58.9 Å². The molecule has 4 heterocycles. The zero-order chi connectivity index (χ0) is 32.4. The summed E-state index contributed by atoms with van der Waals surface area (Å²) in [5.74, 6) is -0.443. The normalized spacial score (nSPS) is 12.6. The minimum Gasteiger partial charge on any atom is -0.465 e. The van der Waals surface area contributed by atoms with Crippen LogP contribution in [0.25, 0.3) is 40.3 Å². The van der Waals surface area contributed by atoms with E-state index < -0.39 is 24.2 Å². The molecule has 0 aliphatic heterocycles. The number of fused-ring (bicyclic) bond motifs is 6. The van der Waals surface area contributed by atoms with Gasteiger partial charge >= 0.3 is 11.9 Å². The van der Waals surface area contributed by atoms with E-state index in [4.69, 9.17) is 9.47 Å². The van der Waals surface area contributed by atoms with Crippen LogP contribution in [0.3, 0.4) is 0 Å². The average Bonchev–Trinajstić information content (AvgIpc) is 3.73. The van der Waals surface area contributed by atoms with Crippen molar-refractivity contribution < 1.29 is 19.1 Å². The first-order valence-corrected chi connectivity index (χ1v) is 28.4. The number of carbonyl (C=O) groups excluding carboxylic acids is 2. The van der Waals surface area contributed by atoms with E-state index in [1.165, 1.54) is 52.6 Å². The Hall–Kier alpha value is -2.13. The minimum absolute atomic E-state index is 0.176. The zero-order valence-electron chi connectivity index (χ0n) is 27.3. The SMILES string of the molecule is COC(=O)c1c([Si](C)(C)C)c2cc([Si](C)(C)C)sc2c2sc([Si](C)(C)C)cc12.COC(=O)c1cc2ccsc2c2sccc12. The predicted octanol–water partition coefficient (Wildman–Crippen LogP) is 9.44. The summed E-state index contributed by atoms with van der Waals surface area (Å²) in [5, 5.41) is 9.89. The molecule has 232 valence electrons. The van der Waals surface area contributed by atoms with E-state index in [2.05, 4.69) is 71.1 Å². The molecule has 0 aliphatic rings. The summed E-state index contributed by atoms with van der Waals surface area (Å²) >= 11 is 7.26. The fourth-order valence-corrected chi connectivity index (χ4v) is 15.7. The van der Waals surface area contributed by atoms with Crippen LogP contribution in [0.4, 0.5) is 0 Å². The number of methoxy groups -OCH3 is 2. The van der Waals surface area contributed by atoms with Crippen LogP contribution in [0.15, 0.2) is 41.1 Å². The molecule has 0 atom stereocenters. The van der Waals surface area contributed by atoms with Gasteiger partial charge < -0.3 is 9.47 Å². The molecule has 4 nitrogen and oxygen atoms in total. The molecular formula is C33H40O4S4Si3. The van der Waals surface area contributed by atoms with E-state index in [0.29, 0.717) is 5.56 Å². The standard InChI is InChI=1S/C21H32O2S2Si3.C12H8O2S2/c1-23-21(22)17-13-11-15(26(2,3)4)24-18(13)19-14(20(17)28(8,9)10)12-16(25-19)27(5,6)7;1-14-12(13)9-6-7-2-4-15-10(7)11-8(9)3-5-16-11/h11-12H,1-10H3;2-6H,1H3. The summed E-state index contributed by atoms with van der Waals surface area (Å²) in [6, 6.07) is 10.7. The Kier molecular flexibility index (Phi) is 8.99. The number of esters is 2. The van der Waals surface area contributed by atoms with Crippen molar-refractivity contribution in [2.75, 3.05) is 14.2 Å². The van der Waals surface area contributed by atoms with E-state index in [-0.39, 0.29) is 11.9 Å². The van der Waals surface area contributed by atoms with Crippen LogP contribution in [-0.4, -0.2) is 50.4 Å². The third kappa shape index (κ3) is 6.04.